The first-order valence-corrected chi connectivity index (χ1v) is 7.76. The number of hydrogen-bond acceptors (Lipinski definition) is 2. The highest BCUT2D eigenvalue weighted by Crippen LogP contribution is 2.34. The van der Waals surface area contributed by atoms with E-state index in [4.69, 9.17) is 9.47 Å². The minimum atomic E-state index is 0.438. The largest absolute Gasteiger partial charge is 0.493 e. The van der Waals surface area contributed by atoms with E-state index in [0.29, 0.717) is 10.9 Å². The van der Waals surface area contributed by atoms with Gasteiger partial charge in [-0.3, -0.25) is 0 Å². The van der Waals surface area contributed by atoms with E-state index in [9.17, 15) is 0 Å². The Kier molecular flexibility index (Phi) is 3.90. The Morgan fingerprint density at radius 3 is 3.11 bits per heavy atom. The smallest absolute Gasteiger partial charge is 0.122 e. The van der Waals surface area contributed by atoms with E-state index in [1.54, 1.807) is 0 Å². The molecule has 3 heteroatoms. The van der Waals surface area contributed by atoms with Crippen molar-refractivity contribution in [2.24, 2.45) is 0 Å². The summed E-state index contributed by atoms with van der Waals surface area (Å²) in [7, 11) is 0. The first-order valence-electron chi connectivity index (χ1n) is 6.84. The minimum absolute atomic E-state index is 0.438. The van der Waals surface area contributed by atoms with Gasteiger partial charge in [-0.05, 0) is 42.9 Å². The number of halogens is 1. The lowest BCUT2D eigenvalue weighted by molar-refractivity contribution is 0.102. The number of alkyl halides is 1. The zero-order valence-electron chi connectivity index (χ0n) is 10.5. The summed E-state index contributed by atoms with van der Waals surface area (Å²) in [4.78, 5) is 0.438. The second-order valence-electron chi connectivity index (χ2n) is 5.15. The van der Waals surface area contributed by atoms with Crippen LogP contribution in [0.4, 0.5) is 0 Å². The molecule has 2 aliphatic rings. The molecule has 2 unspecified atom stereocenters. The minimum Gasteiger partial charge on any atom is -0.493 e. The summed E-state index contributed by atoms with van der Waals surface area (Å²) in [5, 5.41) is 0. The summed E-state index contributed by atoms with van der Waals surface area (Å²) >= 11 is 3.81. The molecule has 0 amide bonds. The molecule has 2 nitrogen and oxygen atoms in total. The summed E-state index contributed by atoms with van der Waals surface area (Å²) in [5.74, 6) is 1.07. The lowest BCUT2D eigenvalue weighted by Crippen LogP contribution is -2.05. The topological polar surface area (TPSA) is 18.5 Å². The van der Waals surface area contributed by atoms with Gasteiger partial charge in [0.15, 0.2) is 0 Å². The number of rotatable bonds is 4. The molecule has 98 valence electrons. The first kappa shape index (κ1) is 12.5. The van der Waals surface area contributed by atoms with E-state index in [2.05, 4.69) is 34.1 Å². The standard InChI is InChI=1S/C15H19BrO2/c16-14(5-4-13-2-1-8-17-13)11-3-6-15-12(10-11)7-9-18-15/h3,6,10,13-14H,1-2,4-5,7-9H2. The van der Waals surface area contributed by atoms with Gasteiger partial charge in [0.25, 0.3) is 0 Å². The molecule has 2 aliphatic heterocycles. The van der Waals surface area contributed by atoms with Gasteiger partial charge < -0.3 is 9.47 Å². The average Bonchev–Trinajstić information content (AvgIpc) is 3.05. The SMILES string of the molecule is BrC(CCC1CCCO1)c1ccc2c(c1)CCO2. The molecule has 2 heterocycles. The second-order valence-corrected chi connectivity index (χ2v) is 6.25. The molecule has 18 heavy (non-hydrogen) atoms. The maximum absolute atomic E-state index is 5.67. The van der Waals surface area contributed by atoms with Crippen LogP contribution in [0.3, 0.4) is 0 Å². The van der Waals surface area contributed by atoms with Gasteiger partial charge in [0.1, 0.15) is 5.75 Å². The third kappa shape index (κ3) is 2.72. The van der Waals surface area contributed by atoms with Crippen molar-refractivity contribution in [1.29, 1.82) is 0 Å². The highest BCUT2D eigenvalue weighted by atomic mass is 79.9. The molecule has 1 aromatic carbocycles. The number of fused-ring (bicyclic) bond motifs is 1. The monoisotopic (exact) mass is 310 g/mol. The Morgan fingerprint density at radius 2 is 2.28 bits per heavy atom. The summed E-state index contributed by atoms with van der Waals surface area (Å²) < 4.78 is 11.2. The van der Waals surface area contributed by atoms with Crippen molar-refractivity contribution in [3.8, 4) is 5.75 Å². The van der Waals surface area contributed by atoms with E-state index >= 15 is 0 Å². The molecular formula is C15H19BrO2. The van der Waals surface area contributed by atoms with Crippen LogP contribution in [0.5, 0.6) is 5.75 Å². The van der Waals surface area contributed by atoms with Crippen LogP contribution in [0.25, 0.3) is 0 Å². The lowest BCUT2D eigenvalue weighted by Gasteiger charge is -2.14. The quantitative estimate of drug-likeness (QED) is 0.782. The fourth-order valence-corrected chi connectivity index (χ4v) is 3.32. The van der Waals surface area contributed by atoms with Crippen molar-refractivity contribution >= 4 is 15.9 Å². The maximum atomic E-state index is 5.67. The Hall–Kier alpha value is -0.540. The van der Waals surface area contributed by atoms with Crippen molar-refractivity contribution < 1.29 is 9.47 Å². The van der Waals surface area contributed by atoms with E-state index in [1.165, 1.54) is 24.0 Å². The van der Waals surface area contributed by atoms with Crippen LogP contribution in [0.1, 0.15) is 41.6 Å². The zero-order valence-corrected chi connectivity index (χ0v) is 12.1. The molecule has 0 saturated carbocycles. The molecule has 3 rings (SSSR count). The second kappa shape index (κ2) is 5.62. The normalized spacial score (nSPS) is 23.7. The van der Waals surface area contributed by atoms with Crippen LogP contribution in [0.2, 0.25) is 0 Å². The van der Waals surface area contributed by atoms with Crippen LogP contribution in [0.15, 0.2) is 18.2 Å². The maximum Gasteiger partial charge on any atom is 0.122 e. The molecule has 0 spiro atoms. The van der Waals surface area contributed by atoms with Gasteiger partial charge in [0.2, 0.25) is 0 Å². The van der Waals surface area contributed by atoms with Crippen LogP contribution < -0.4 is 4.74 Å². The molecule has 0 N–H and O–H groups in total. The molecule has 1 aromatic rings. The van der Waals surface area contributed by atoms with Crippen molar-refractivity contribution in [2.45, 2.75) is 43.0 Å². The van der Waals surface area contributed by atoms with Crippen molar-refractivity contribution in [1.82, 2.24) is 0 Å². The van der Waals surface area contributed by atoms with Crippen LogP contribution in [-0.2, 0) is 11.2 Å². The van der Waals surface area contributed by atoms with Gasteiger partial charge in [-0.25, -0.2) is 0 Å². The van der Waals surface area contributed by atoms with Gasteiger partial charge in [-0.2, -0.15) is 0 Å². The van der Waals surface area contributed by atoms with Crippen LogP contribution in [-0.4, -0.2) is 19.3 Å². The van der Waals surface area contributed by atoms with Crippen LogP contribution in [0, 0.1) is 0 Å². The van der Waals surface area contributed by atoms with E-state index < -0.39 is 0 Å². The molecule has 1 fully saturated rings. The van der Waals surface area contributed by atoms with Crippen molar-refractivity contribution in [2.75, 3.05) is 13.2 Å². The third-order valence-corrected chi connectivity index (χ3v) is 4.83. The van der Waals surface area contributed by atoms with Gasteiger partial charge in [0.05, 0.1) is 12.7 Å². The Labute approximate surface area is 117 Å². The van der Waals surface area contributed by atoms with Crippen LogP contribution >= 0.6 is 15.9 Å². The summed E-state index contributed by atoms with van der Waals surface area (Å²) in [6, 6.07) is 6.58. The summed E-state index contributed by atoms with van der Waals surface area (Å²) in [5.41, 5.74) is 2.73. The predicted molar refractivity (Wildman–Crippen MR) is 75.5 cm³/mol. The Morgan fingerprint density at radius 1 is 1.33 bits per heavy atom. The first-order chi connectivity index (χ1) is 8.83. The molecule has 0 radical (unpaired) electrons. The number of ether oxygens (including phenoxy) is 2. The van der Waals surface area contributed by atoms with Gasteiger partial charge in [-0.1, -0.05) is 28.1 Å². The Bertz CT molecular complexity index is 413. The molecule has 2 atom stereocenters. The van der Waals surface area contributed by atoms with Gasteiger partial charge in [0, 0.05) is 17.9 Å². The third-order valence-electron chi connectivity index (χ3n) is 3.84. The molecule has 0 bridgehead atoms. The molecule has 0 aromatic heterocycles. The summed E-state index contributed by atoms with van der Waals surface area (Å²) in [6.07, 6.45) is 6.30. The van der Waals surface area contributed by atoms with Gasteiger partial charge in [-0.15, -0.1) is 0 Å². The van der Waals surface area contributed by atoms with Crippen molar-refractivity contribution in [3.05, 3.63) is 29.3 Å². The molecular weight excluding hydrogens is 292 g/mol. The molecule has 1 saturated heterocycles. The lowest BCUT2D eigenvalue weighted by atomic mass is 10.0. The zero-order chi connectivity index (χ0) is 12.4. The fraction of sp³-hybridized carbons (Fsp3) is 0.600. The summed E-state index contributed by atoms with van der Waals surface area (Å²) in [6.45, 7) is 1.79. The Balaban J connectivity index is 1.59. The number of benzene rings is 1. The molecule has 0 aliphatic carbocycles. The predicted octanol–water partition coefficient (Wildman–Crippen LogP) is 4.02. The highest BCUT2D eigenvalue weighted by molar-refractivity contribution is 9.09. The van der Waals surface area contributed by atoms with E-state index in [1.807, 2.05) is 0 Å². The van der Waals surface area contributed by atoms with Crippen molar-refractivity contribution in [3.63, 3.8) is 0 Å². The fourth-order valence-electron chi connectivity index (χ4n) is 2.77. The average molecular weight is 311 g/mol. The van der Waals surface area contributed by atoms with E-state index in [0.717, 1.165) is 38.2 Å². The van der Waals surface area contributed by atoms with E-state index in [-0.39, 0.29) is 0 Å². The number of hydrogen-bond donors (Lipinski definition) is 0. The van der Waals surface area contributed by atoms with Gasteiger partial charge >= 0.3 is 0 Å². The highest BCUT2D eigenvalue weighted by Gasteiger charge is 2.19.